The Morgan fingerprint density at radius 3 is 3.00 bits per heavy atom. The molecule has 0 bridgehead atoms. The third-order valence-electron chi connectivity index (χ3n) is 3.98. The van der Waals surface area contributed by atoms with Crippen LogP contribution in [-0.2, 0) is 4.74 Å². The molecule has 112 valence electrons. The van der Waals surface area contributed by atoms with Crippen LogP contribution in [0.5, 0.6) is 0 Å². The van der Waals surface area contributed by atoms with Gasteiger partial charge in [0.1, 0.15) is 4.88 Å². The number of hydrogen-bond donors (Lipinski definition) is 2. The average molecular weight is 304 g/mol. The average Bonchev–Trinajstić information content (AvgIpc) is 2.78. The molecule has 5 heteroatoms. The molecular formula is C16H20N2O2S. The first kappa shape index (κ1) is 14.4. The molecule has 0 spiro atoms. The minimum absolute atomic E-state index is 0.0628. The van der Waals surface area contributed by atoms with E-state index in [2.05, 4.69) is 5.32 Å². The van der Waals surface area contributed by atoms with E-state index in [0.29, 0.717) is 17.2 Å². The number of rotatable bonds is 2. The Labute approximate surface area is 128 Å². The van der Waals surface area contributed by atoms with E-state index in [4.69, 9.17) is 10.5 Å². The topological polar surface area (TPSA) is 64.4 Å². The van der Waals surface area contributed by atoms with Crippen molar-refractivity contribution in [1.82, 2.24) is 5.32 Å². The number of nitrogens with one attached hydrogen (secondary N) is 1. The molecule has 3 N–H and O–H groups in total. The van der Waals surface area contributed by atoms with E-state index < -0.39 is 0 Å². The monoisotopic (exact) mass is 304 g/mol. The summed E-state index contributed by atoms with van der Waals surface area (Å²) in [6.45, 7) is 4.78. The minimum Gasteiger partial charge on any atom is -0.397 e. The Morgan fingerprint density at radius 1 is 1.48 bits per heavy atom. The third kappa shape index (κ3) is 2.76. The summed E-state index contributed by atoms with van der Waals surface area (Å²) >= 11 is 1.48. The number of carbonyl (C=O) groups is 1. The number of benzene rings is 1. The molecule has 2 atom stereocenters. The highest BCUT2D eigenvalue weighted by atomic mass is 32.1. The second-order valence-corrected chi connectivity index (χ2v) is 6.69. The van der Waals surface area contributed by atoms with Crippen LogP contribution < -0.4 is 11.1 Å². The molecule has 1 fully saturated rings. The predicted molar refractivity (Wildman–Crippen MR) is 86.9 cm³/mol. The summed E-state index contributed by atoms with van der Waals surface area (Å²) < 4.78 is 6.61. The molecule has 1 aliphatic heterocycles. The van der Waals surface area contributed by atoms with Crippen LogP contribution in [0.2, 0.25) is 0 Å². The predicted octanol–water partition coefficient (Wildman–Crippen LogP) is 3.09. The van der Waals surface area contributed by atoms with Crippen LogP contribution in [0, 0.1) is 6.92 Å². The summed E-state index contributed by atoms with van der Waals surface area (Å²) in [5, 5.41) is 4.08. The first-order valence-corrected chi connectivity index (χ1v) is 8.08. The Bertz CT molecular complexity index is 680. The van der Waals surface area contributed by atoms with Crippen LogP contribution in [0.25, 0.3) is 10.1 Å². The van der Waals surface area contributed by atoms with E-state index in [-0.39, 0.29) is 18.1 Å². The first-order valence-electron chi connectivity index (χ1n) is 7.26. The van der Waals surface area contributed by atoms with Gasteiger partial charge in [-0.25, -0.2) is 0 Å². The Morgan fingerprint density at radius 2 is 2.29 bits per heavy atom. The van der Waals surface area contributed by atoms with Gasteiger partial charge in [-0.1, -0.05) is 18.2 Å². The fourth-order valence-electron chi connectivity index (χ4n) is 2.83. The number of anilines is 1. The number of nitrogen functional groups attached to an aromatic ring is 1. The highest BCUT2D eigenvalue weighted by molar-refractivity contribution is 7.21. The largest absolute Gasteiger partial charge is 0.397 e. The van der Waals surface area contributed by atoms with Crippen molar-refractivity contribution in [3.63, 3.8) is 0 Å². The molecule has 1 aliphatic rings. The van der Waals surface area contributed by atoms with E-state index in [9.17, 15) is 4.79 Å². The van der Waals surface area contributed by atoms with E-state index >= 15 is 0 Å². The second-order valence-electron chi connectivity index (χ2n) is 5.67. The number of thiophene rings is 1. The maximum atomic E-state index is 12.5. The van der Waals surface area contributed by atoms with Gasteiger partial charge in [-0.3, -0.25) is 4.79 Å². The van der Waals surface area contributed by atoms with Gasteiger partial charge in [-0.15, -0.1) is 11.3 Å². The third-order valence-corrected chi connectivity index (χ3v) is 5.33. The Balaban J connectivity index is 1.84. The zero-order chi connectivity index (χ0) is 15.0. The highest BCUT2D eigenvalue weighted by Crippen LogP contribution is 2.35. The fourth-order valence-corrected chi connectivity index (χ4v) is 3.92. The van der Waals surface area contributed by atoms with E-state index in [1.54, 1.807) is 0 Å². The summed E-state index contributed by atoms with van der Waals surface area (Å²) in [6, 6.07) is 6.16. The van der Waals surface area contributed by atoms with Crippen LogP contribution in [0.4, 0.5) is 5.69 Å². The Hall–Kier alpha value is -1.59. The highest BCUT2D eigenvalue weighted by Gasteiger charge is 2.24. The first-order chi connectivity index (χ1) is 10.1. The SMILES string of the molecule is Cc1cccc2c(N)c(C(=O)NC3CCOC(C)C3)sc12. The second kappa shape index (κ2) is 5.66. The lowest BCUT2D eigenvalue weighted by Crippen LogP contribution is -2.41. The quantitative estimate of drug-likeness (QED) is 0.896. The molecule has 1 amide bonds. The molecule has 4 nitrogen and oxygen atoms in total. The van der Waals surface area contributed by atoms with Crippen molar-refractivity contribution in [2.24, 2.45) is 0 Å². The number of nitrogens with two attached hydrogens (primary N) is 1. The standard InChI is InChI=1S/C16H20N2O2S/c1-9-4-3-5-12-13(17)15(21-14(9)12)16(19)18-11-6-7-20-10(2)8-11/h3-5,10-11H,6-8,17H2,1-2H3,(H,18,19). The number of hydrogen-bond acceptors (Lipinski definition) is 4. The van der Waals surface area contributed by atoms with Crippen molar-refractivity contribution in [2.45, 2.75) is 38.8 Å². The maximum Gasteiger partial charge on any atom is 0.263 e. The van der Waals surface area contributed by atoms with Gasteiger partial charge in [0.05, 0.1) is 11.8 Å². The van der Waals surface area contributed by atoms with Gasteiger partial charge in [0.25, 0.3) is 5.91 Å². The summed E-state index contributed by atoms with van der Waals surface area (Å²) in [5.74, 6) is -0.0628. The number of carbonyl (C=O) groups excluding carboxylic acids is 1. The van der Waals surface area contributed by atoms with Gasteiger partial charge in [0.2, 0.25) is 0 Å². The van der Waals surface area contributed by atoms with Gasteiger partial charge in [-0.05, 0) is 32.3 Å². The minimum atomic E-state index is -0.0628. The number of fused-ring (bicyclic) bond motifs is 1. The summed E-state index contributed by atoms with van der Waals surface area (Å²) in [6.07, 6.45) is 1.92. The zero-order valence-corrected chi connectivity index (χ0v) is 13.1. The van der Waals surface area contributed by atoms with E-state index in [1.165, 1.54) is 11.3 Å². The molecule has 0 radical (unpaired) electrons. The van der Waals surface area contributed by atoms with Crippen LogP contribution in [0.15, 0.2) is 18.2 Å². The number of amides is 1. The van der Waals surface area contributed by atoms with Gasteiger partial charge in [0.15, 0.2) is 0 Å². The summed E-state index contributed by atoms with van der Waals surface area (Å²) in [4.78, 5) is 13.1. The van der Waals surface area contributed by atoms with Crippen molar-refractivity contribution in [3.05, 3.63) is 28.6 Å². The van der Waals surface area contributed by atoms with Crippen LogP contribution in [-0.4, -0.2) is 24.7 Å². The lowest BCUT2D eigenvalue weighted by atomic mass is 10.0. The van der Waals surface area contributed by atoms with Gasteiger partial charge in [0, 0.05) is 22.7 Å². The van der Waals surface area contributed by atoms with E-state index in [0.717, 1.165) is 28.5 Å². The van der Waals surface area contributed by atoms with Gasteiger partial charge in [-0.2, -0.15) is 0 Å². The van der Waals surface area contributed by atoms with Crippen LogP contribution in [0.1, 0.15) is 35.0 Å². The molecule has 1 aromatic heterocycles. The maximum absolute atomic E-state index is 12.5. The normalized spacial score (nSPS) is 22.4. The van der Waals surface area contributed by atoms with Crippen molar-refractivity contribution in [2.75, 3.05) is 12.3 Å². The number of aryl methyl sites for hydroxylation is 1. The molecule has 21 heavy (non-hydrogen) atoms. The molecule has 1 saturated heterocycles. The molecule has 2 aromatic rings. The van der Waals surface area contributed by atoms with Crippen molar-refractivity contribution in [3.8, 4) is 0 Å². The smallest absolute Gasteiger partial charge is 0.263 e. The Kier molecular flexibility index (Phi) is 3.87. The lowest BCUT2D eigenvalue weighted by Gasteiger charge is -2.27. The van der Waals surface area contributed by atoms with Gasteiger partial charge < -0.3 is 15.8 Å². The molecule has 2 heterocycles. The molecular weight excluding hydrogens is 284 g/mol. The van der Waals surface area contributed by atoms with Crippen molar-refractivity contribution < 1.29 is 9.53 Å². The molecule has 2 unspecified atom stereocenters. The summed E-state index contributed by atoms with van der Waals surface area (Å²) in [7, 11) is 0. The fraction of sp³-hybridized carbons (Fsp3) is 0.438. The van der Waals surface area contributed by atoms with Crippen LogP contribution >= 0.6 is 11.3 Å². The van der Waals surface area contributed by atoms with Crippen molar-refractivity contribution >= 4 is 33.0 Å². The molecule has 0 aliphatic carbocycles. The zero-order valence-electron chi connectivity index (χ0n) is 12.3. The molecule has 0 saturated carbocycles. The van der Waals surface area contributed by atoms with E-state index in [1.807, 2.05) is 32.0 Å². The van der Waals surface area contributed by atoms with Crippen molar-refractivity contribution in [1.29, 1.82) is 0 Å². The summed E-state index contributed by atoms with van der Waals surface area (Å²) in [5.41, 5.74) is 7.92. The number of ether oxygens (including phenoxy) is 1. The van der Waals surface area contributed by atoms with Gasteiger partial charge >= 0.3 is 0 Å². The molecule has 3 rings (SSSR count). The lowest BCUT2D eigenvalue weighted by molar-refractivity contribution is 0.0137. The van der Waals surface area contributed by atoms with Crippen LogP contribution in [0.3, 0.4) is 0 Å². The molecule has 1 aromatic carbocycles.